The van der Waals surface area contributed by atoms with Gasteiger partial charge in [0, 0.05) is 20.2 Å². The van der Waals surface area contributed by atoms with Crippen LogP contribution < -0.4 is 88.7 Å². The molecule has 0 saturated carbocycles. The molecule has 3 unspecified atom stereocenters. The fourth-order valence-corrected chi connectivity index (χ4v) is 0. The molecular formula is HNa3O7S3. The number of hydrogen-bond acceptors (Lipinski definition) is 6. The van der Waals surface area contributed by atoms with E-state index in [1.165, 1.54) is 0 Å². The summed E-state index contributed by atoms with van der Waals surface area (Å²) in [6.07, 6.45) is 0. The summed E-state index contributed by atoms with van der Waals surface area (Å²) in [6.45, 7) is 0. The summed E-state index contributed by atoms with van der Waals surface area (Å²) in [5, 5.41) is 0. The average molecular weight is 278 g/mol. The molecule has 64 valence electrons. The van der Waals surface area contributed by atoms with Gasteiger partial charge in [-0.1, -0.05) is 0 Å². The Labute approximate surface area is 148 Å². The van der Waals surface area contributed by atoms with Crippen LogP contribution in [0.4, 0.5) is 0 Å². The molecule has 0 bridgehead atoms. The average Bonchev–Trinajstić information content (AvgIpc) is 1.63. The van der Waals surface area contributed by atoms with E-state index in [1.54, 1.807) is 0 Å². The Kier molecular flexibility index (Phi) is 47.5. The molecule has 13 heavy (non-hydrogen) atoms. The van der Waals surface area contributed by atoms with Crippen LogP contribution in [-0.4, -0.2) is 30.8 Å². The maximum absolute atomic E-state index is 9.09. The Morgan fingerprint density at radius 3 is 0.846 bits per heavy atom. The van der Waals surface area contributed by atoms with Gasteiger partial charge < -0.3 is 18.2 Å². The summed E-state index contributed by atoms with van der Waals surface area (Å²) in [5.74, 6) is 0. The van der Waals surface area contributed by atoms with Crippen LogP contribution in [-0.2, 0) is 31.6 Å². The minimum atomic E-state index is -2.95. The smallest absolute Gasteiger partial charge is 0.763 e. The van der Waals surface area contributed by atoms with E-state index in [2.05, 4.69) is 0 Å². The van der Waals surface area contributed by atoms with Crippen molar-refractivity contribution in [1.82, 2.24) is 0 Å². The standard InChI is InChI=1S/3Na.H2O4S2.H2O3S/c;;;1-5(2)6(3)4;1-4(2)3/h;;;(H,1,2)(H,3,4);(H2,1,2,3)/q3*+1;;/p-3. The van der Waals surface area contributed by atoms with Gasteiger partial charge in [-0.05, 0) is 0 Å². The number of rotatable bonds is 1. The van der Waals surface area contributed by atoms with Crippen LogP contribution in [0.2, 0.25) is 0 Å². The molecule has 3 atom stereocenters. The van der Waals surface area contributed by atoms with Gasteiger partial charge >= 0.3 is 88.7 Å². The molecule has 0 fully saturated rings. The summed E-state index contributed by atoms with van der Waals surface area (Å²) in [7, 11) is -5.90. The first-order valence-corrected chi connectivity index (χ1v) is 5.05. The molecule has 0 aliphatic rings. The van der Waals surface area contributed by atoms with Crippen molar-refractivity contribution in [2.75, 3.05) is 0 Å². The Bertz CT molecular complexity index is 141. The zero-order valence-electron chi connectivity index (χ0n) is 7.12. The van der Waals surface area contributed by atoms with Crippen molar-refractivity contribution in [3.05, 3.63) is 0 Å². The first kappa shape index (κ1) is 29.9. The van der Waals surface area contributed by atoms with E-state index in [1.807, 2.05) is 0 Å². The first-order valence-electron chi connectivity index (χ1n) is 1.35. The Balaban J connectivity index is -0.0000000279. The maximum Gasteiger partial charge on any atom is 1.00 e. The molecule has 0 heterocycles. The monoisotopic (exact) mass is 278 g/mol. The third kappa shape index (κ3) is 50.8. The molecule has 0 radical (unpaired) electrons. The molecule has 0 aliphatic heterocycles. The van der Waals surface area contributed by atoms with E-state index >= 15 is 0 Å². The van der Waals surface area contributed by atoms with Crippen molar-refractivity contribution in [1.29, 1.82) is 0 Å². The van der Waals surface area contributed by atoms with Crippen molar-refractivity contribution in [3.8, 4) is 0 Å². The minimum absolute atomic E-state index is 0. The largest absolute Gasteiger partial charge is 1.00 e. The van der Waals surface area contributed by atoms with Gasteiger partial charge in [-0.25, -0.2) is 4.21 Å². The third-order valence-corrected chi connectivity index (χ3v) is 1.00. The molecule has 0 rings (SSSR count). The van der Waals surface area contributed by atoms with Crippen LogP contribution in [0.5, 0.6) is 0 Å². The van der Waals surface area contributed by atoms with Gasteiger partial charge in [0.2, 0.25) is 0 Å². The molecule has 0 aliphatic carbocycles. The van der Waals surface area contributed by atoms with Crippen LogP contribution in [0.3, 0.4) is 0 Å². The molecule has 0 spiro atoms. The van der Waals surface area contributed by atoms with Crippen LogP contribution in [0.15, 0.2) is 0 Å². The van der Waals surface area contributed by atoms with Crippen molar-refractivity contribution in [2.24, 2.45) is 0 Å². The second-order valence-electron chi connectivity index (χ2n) is 0.625. The van der Waals surface area contributed by atoms with Gasteiger partial charge in [0.05, 0.1) is 11.4 Å². The molecule has 0 aromatic rings. The van der Waals surface area contributed by atoms with E-state index in [-0.39, 0.29) is 88.7 Å². The van der Waals surface area contributed by atoms with E-state index in [4.69, 9.17) is 30.8 Å². The van der Waals surface area contributed by atoms with Gasteiger partial charge in [-0.3, -0.25) is 8.42 Å². The molecule has 0 aromatic carbocycles. The van der Waals surface area contributed by atoms with Crippen LogP contribution in [0.25, 0.3) is 0 Å². The predicted molar refractivity (Wildman–Crippen MR) is 29.4 cm³/mol. The summed E-state index contributed by atoms with van der Waals surface area (Å²) >= 11 is -2.86. The Morgan fingerprint density at radius 2 is 0.846 bits per heavy atom. The van der Waals surface area contributed by atoms with E-state index in [0.717, 1.165) is 0 Å². The van der Waals surface area contributed by atoms with E-state index in [9.17, 15) is 0 Å². The Morgan fingerprint density at radius 1 is 0.769 bits per heavy atom. The molecular weight excluding hydrogens is 277 g/mol. The summed E-state index contributed by atoms with van der Waals surface area (Å²) < 4.78 is 60.4. The van der Waals surface area contributed by atoms with Crippen molar-refractivity contribution in [2.45, 2.75) is 0 Å². The minimum Gasteiger partial charge on any atom is -0.763 e. The first-order chi connectivity index (χ1) is 4.37. The fraction of sp³-hybridized carbons (Fsp3) is 0. The van der Waals surface area contributed by atoms with Crippen LogP contribution >= 0.6 is 0 Å². The van der Waals surface area contributed by atoms with Gasteiger partial charge in [0.1, 0.15) is 0 Å². The van der Waals surface area contributed by atoms with Crippen LogP contribution in [0, 0.1) is 0 Å². The number of hydrogen-bond donors (Lipinski definition) is 1. The Hall–Kier alpha value is 3.29. The SMILES string of the molecule is O=S([O-])O.O=S([O-])S(=O)[O-].[Na+].[Na+].[Na+]. The zero-order valence-corrected chi connectivity index (χ0v) is 15.6. The van der Waals surface area contributed by atoms with E-state index < -0.39 is 31.6 Å². The predicted octanol–water partition coefficient (Wildman–Crippen LogP) is -11.0. The second-order valence-corrected chi connectivity index (χ2v) is 3.51. The van der Waals surface area contributed by atoms with Crippen molar-refractivity contribution < 1.29 is 120 Å². The zero-order chi connectivity index (χ0) is 8.73. The molecule has 1 N–H and O–H groups in total. The van der Waals surface area contributed by atoms with Gasteiger partial charge in [0.15, 0.2) is 0 Å². The fourth-order valence-electron chi connectivity index (χ4n) is 0. The van der Waals surface area contributed by atoms with Gasteiger partial charge in [-0.2, -0.15) is 0 Å². The van der Waals surface area contributed by atoms with E-state index in [0.29, 0.717) is 0 Å². The maximum atomic E-state index is 9.09. The third-order valence-electron chi connectivity index (χ3n) is 0.111. The topological polar surface area (TPSA) is 141 Å². The van der Waals surface area contributed by atoms with Gasteiger partial charge in [0.25, 0.3) is 0 Å². The summed E-state index contributed by atoms with van der Waals surface area (Å²) in [6, 6.07) is 0. The molecule has 0 aromatic heterocycles. The van der Waals surface area contributed by atoms with Gasteiger partial charge in [-0.15, -0.1) is 0 Å². The summed E-state index contributed by atoms with van der Waals surface area (Å²) in [4.78, 5) is 0. The summed E-state index contributed by atoms with van der Waals surface area (Å²) in [5.41, 5.74) is 0. The molecule has 0 amide bonds. The quantitative estimate of drug-likeness (QED) is 0.285. The van der Waals surface area contributed by atoms with Crippen LogP contribution in [0.1, 0.15) is 0 Å². The van der Waals surface area contributed by atoms with Crippen molar-refractivity contribution in [3.63, 3.8) is 0 Å². The molecule has 13 heteroatoms. The van der Waals surface area contributed by atoms with Crippen molar-refractivity contribution >= 4 is 31.6 Å². The molecule has 0 saturated heterocycles. The second kappa shape index (κ2) is 20.7. The normalized spacial score (nSPS) is 13.8. The molecule has 7 nitrogen and oxygen atoms in total.